The van der Waals surface area contributed by atoms with E-state index in [1.54, 1.807) is 0 Å². The molecule has 0 saturated carbocycles. The van der Waals surface area contributed by atoms with Crippen molar-refractivity contribution in [2.24, 2.45) is 0 Å². The molecule has 66 heavy (non-hydrogen) atoms. The van der Waals surface area contributed by atoms with Gasteiger partial charge in [-0.1, -0.05) is 170 Å². The lowest BCUT2D eigenvalue weighted by Crippen LogP contribution is -2.09. The van der Waals surface area contributed by atoms with Crippen LogP contribution in [0.5, 0.6) is 0 Å². The van der Waals surface area contributed by atoms with Gasteiger partial charge in [-0.25, -0.2) is 0 Å². The van der Waals surface area contributed by atoms with Crippen molar-refractivity contribution in [3.63, 3.8) is 0 Å². The van der Waals surface area contributed by atoms with Gasteiger partial charge in [0.2, 0.25) is 0 Å². The van der Waals surface area contributed by atoms with E-state index in [0.717, 1.165) is 22.7 Å². The number of fused-ring (bicyclic) bond motifs is 10. The van der Waals surface area contributed by atoms with Gasteiger partial charge in [0.25, 0.3) is 0 Å². The van der Waals surface area contributed by atoms with E-state index in [1.165, 1.54) is 109 Å². The molecule has 0 unspecified atom stereocenters. The smallest absolute Gasteiger partial charge is 0.0553 e. The molecule has 0 aliphatic heterocycles. The van der Waals surface area contributed by atoms with Crippen molar-refractivity contribution < 1.29 is 0 Å². The Morgan fingerprint density at radius 3 is 1.39 bits per heavy atom. The molecule has 0 atom stereocenters. The third-order valence-electron chi connectivity index (χ3n) is 14.1. The van der Waals surface area contributed by atoms with Gasteiger partial charge in [0, 0.05) is 33.5 Å². The molecule has 0 fully saturated rings. The van der Waals surface area contributed by atoms with Crippen molar-refractivity contribution in [1.82, 2.24) is 4.57 Å². The maximum Gasteiger partial charge on any atom is 0.0553 e. The number of hydrogen-bond donors (Lipinski definition) is 0. The van der Waals surface area contributed by atoms with Crippen LogP contribution in [0.15, 0.2) is 243 Å². The van der Waals surface area contributed by atoms with E-state index in [0.29, 0.717) is 0 Å². The summed E-state index contributed by atoms with van der Waals surface area (Å²) >= 11 is 0. The molecule has 0 radical (unpaired) electrons. The Bertz CT molecular complexity index is 4110. The SMILES string of the molecule is c1ccc(N(c2ccccc2)c2ccc(-c3ccc4ccc5c6c(ccc3c46)cc3c5c4cc(-c5ccc6c7ccccc7c7ccccc7c6c5)ccc4n3-c3ccccc3)cc2)cc1. The zero-order chi connectivity index (χ0) is 43.3. The van der Waals surface area contributed by atoms with Crippen LogP contribution in [0.2, 0.25) is 0 Å². The summed E-state index contributed by atoms with van der Waals surface area (Å²) in [5.74, 6) is 0. The maximum absolute atomic E-state index is 2.46. The molecule has 0 bridgehead atoms. The molecule has 0 aliphatic rings. The molecule has 0 N–H and O–H groups in total. The van der Waals surface area contributed by atoms with Crippen LogP contribution in [0.25, 0.3) is 114 Å². The predicted octanol–water partition coefficient (Wildman–Crippen LogP) is 17.9. The molecule has 0 spiro atoms. The Labute approximate surface area is 381 Å². The molecule has 306 valence electrons. The second-order valence-electron chi connectivity index (χ2n) is 17.6. The summed E-state index contributed by atoms with van der Waals surface area (Å²) in [5, 5.41) is 18.0. The lowest BCUT2D eigenvalue weighted by atomic mass is 9.88. The summed E-state index contributed by atoms with van der Waals surface area (Å²) in [6.45, 7) is 0. The Kier molecular flexibility index (Phi) is 8.02. The minimum absolute atomic E-state index is 1.12. The fourth-order valence-electron chi connectivity index (χ4n) is 11.1. The maximum atomic E-state index is 2.46. The van der Waals surface area contributed by atoms with E-state index in [9.17, 15) is 0 Å². The highest BCUT2D eigenvalue weighted by atomic mass is 15.1. The first kappa shape index (κ1) is 36.7. The molecule has 1 heterocycles. The van der Waals surface area contributed by atoms with E-state index >= 15 is 0 Å². The van der Waals surface area contributed by atoms with Crippen molar-refractivity contribution in [2.75, 3.05) is 4.90 Å². The van der Waals surface area contributed by atoms with Crippen LogP contribution in [0.1, 0.15) is 0 Å². The number of benzene rings is 13. The van der Waals surface area contributed by atoms with Crippen LogP contribution >= 0.6 is 0 Å². The minimum Gasteiger partial charge on any atom is -0.311 e. The first-order valence-corrected chi connectivity index (χ1v) is 22.8. The van der Waals surface area contributed by atoms with E-state index in [1.807, 2.05) is 0 Å². The van der Waals surface area contributed by atoms with Crippen LogP contribution in [0.4, 0.5) is 17.1 Å². The van der Waals surface area contributed by atoms with Gasteiger partial charge >= 0.3 is 0 Å². The molecule has 14 aromatic rings. The predicted molar refractivity (Wildman–Crippen MR) is 283 cm³/mol. The number of hydrogen-bond acceptors (Lipinski definition) is 1. The standard InChI is InChI=1S/C64H40N2/c1-4-14-46(15-5-1)65(47-16-6-2-7-17-47)49-31-24-41(25-32-49)50-33-26-42-27-36-57-63-45(29-35-56(50)62(42)63)40-61-64(57)59-39-44(30-37-60(59)66(61)48-18-8-3-9-19-48)43-28-34-55-53-22-11-10-20-51(53)52-21-12-13-23-54(52)58(55)38-43/h1-40H. The van der Waals surface area contributed by atoms with Crippen molar-refractivity contribution >= 4 is 104 Å². The van der Waals surface area contributed by atoms with Crippen molar-refractivity contribution in [1.29, 1.82) is 0 Å². The van der Waals surface area contributed by atoms with Crippen molar-refractivity contribution in [3.05, 3.63) is 243 Å². The van der Waals surface area contributed by atoms with Crippen molar-refractivity contribution in [2.45, 2.75) is 0 Å². The zero-order valence-electron chi connectivity index (χ0n) is 36.0. The highest BCUT2D eigenvalue weighted by Crippen LogP contribution is 2.47. The highest BCUT2D eigenvalue weighted by Gasteiger charge is 2.21. The summed E-state index contributed by atoms with van der Waals surface area (Å²) in [5.41, 5.74) is 11.8. The zero-order valence-corrected chi connectivity index (χ0v) is 36.0. The van der Waals surface area contributed by atoms with Crippen LogP contribution < -0.4 is 4.90 Å². The molecule has 2 nitrogen and oxygen atoms in total. The topological polar surface area (TPSA) is 8.17 Å². The highest BCUT2D eigenvalue weighted by molar-refractivity contribution is 6.34. The number of para-hydroxylation sites is 3. The first-order chi connectivity index (χ1) is 32.7. The number of rotatable bonds is 6. The molecule has 1 aromatic heterocycles. The quantitative estimate of drug-likeness (QED) is 0.152. The lowest BCUT2D eigenvalue weighted by Gasteiger charge is -2.25. The molecule has 14 rings (SSSR count). The van der Waals surface area contributed by atoms with Crippen LogP contribution in [-0.4, -0.2) is 4.57 Å². The van der Waals surface area contributed by atoms with Crippen LogP contribution in [0, 0.1) is 0 Å². The minimum atomic E-state index is 1.12. The molecular weight excluding hydrogens is 797 g/mol. The summed E-state index contributed by atoms with van der Waals surface area (Å²) in [6, 6.07) is 89.4. The molecule has 0 amide bonds. The van der Waals surface area contributed by atoms with Crippen molar-refractivity contribution in [3.8, 4) is 27.9 Å². The Hall–Kier alpha value is -8.72. The summed E-state index contributed by atoms with van der Waals surface area (Å²) in [6.07, 6.45) is 0. The second-order valence-corrected chi connectivity index (χ2v) is 17.6. The van der Waals surface area contributed by atoms with E-state index in [-0.39, 0.29) is 0 Å². The van der Waals surface area contributed by atoms with Gasteiger partial charge in [-0.2, -0.15) is 0 Å². The number of nitrogens with zero attached hydrogens (tertiary/aromatic N) is 2. The summed E-state index contributed by atoms with van der Waals surface area (Å²) in [4.78, 5) is 2.32. The number of aromatic nitrogens is 1. The average Bonchev–Trinajstić information content (AvgIpc) is 3.72. The van der Waals surface area contributed by atoms with Crippen LogP contribution in [0.3, 0.4) is 0 Å². The van der Waals surface area contributed by atoms with E-state index < -0.39 is 0 Å². The van der Waals surface area contributed by atoms with Gasteiger partial charge in [-0.15, -0.1) is 0 Å². The monoisotopic (exact) mass is 836 g/mol. The number of anilines is 3. The van der Waals surface area contributed by atoms with E-state index in [2.05, 4.69) is 252 Å². The van der Waals surface area contributed by atoms with Gasteiger partial charge in [-0.05, 0) is 160 Å². The van der Waals surface area contributed by atoms with Gasteiger partial charge < -0.3 is 9.47 Å². The molecule has 2 heteroatoms. The van der Waals surface area contributed by atoms with Crippen LogP contribution in [-0.2, 0) is 0 Å². The van der Waals surface area contributed by atoms with Gasteiger partial charge in [0.05, 0.1) is 11.0 Å². The second kappa shape index (κ2) is 14.4. The summed E-state index contributed by atoms with van der Waals surface area (Å²) in [7, 11) is 0. The van der Waals surface area contributed by atoms with Gasteiger partial charge in [-0.3, -0.25) is 0 Å². The normalized spacial score (nSPS) is 11.9. The first-order valence-electron chi connectivity index (χ1n) is 22.8. The average molecular weight is 837 g/mol. The largest absolute Gasteiger partial charge is 0.311 e. The lowest BCUT2D eigenvalue weighted by molar-refractivity contribution is 1.18. The fourth-order valence-corrected chi connectivity index (χ4v) is 11.1. The van der Waals surface area contributed by atoms with E-state index in [4.69, 9.17) is 0 Å². The third kappa shape index (κ3) is 5.49. The Balaban J connectivity index is 0.972. The molecule has 13 aromatic carbocycles. The fraction of sp³-hybridized carbons (Fsp3) is 0. The third-order valence-corrected chi connectivity index (χ3v) is 14.1. The van der Waals surface area contributed by atoms with Gasteiger partial charge in [0.1, 0.15) is 0 Å². The molecule has 0 saturated heterocycles. The Morgan fingerprint density at radius 1 is 0.258 bits per heavy atom. The van der Waals surface area contributed by atoms with Gasteiger partial charge in [0.15, 0.2) is 0 Å². The summed E-state index contributed by atoms with van der Waals surface area (Å²) < 4.78 is 2.46. The molecular formula is C64H40N2. The molecule has 0 aliphatic carbocycles. The Morgan fingerprint density at radius 2 is 0.727 bits per heavy atom.